The molecule has 2 aliphatic carbocycles. The third-order valence-electron chi connectivity index (χ3n) is 6.34. The number of carbonyl (C=O) groups is 3. The second-order valence-electron chi connectivity index (χ2n) is 8.75. The van der Waals surface area contributed by atoms with E-state index in [-0.39, 0.29) is 18.4 Å². The summed E-state index contributed by atoms with van der Waals surface area (Å²) in [7, 11) is 0. The Labute approximate surface area is 171 Å². The van der Waals surface area contributed by atoms with Gasteiger partial charge in [-0.05, 0) is 49.9 Å². The number of ether oxygens (including phenoxy) is 1. The summed E-state index contributed by atoms with van der Waals surface area (Å²) >= 11 is 0. The first kappa shape index (κ1) is 23.6. The van der Waals surface area contributed by atoms with Crippen molar-refractivity contribution < 1.29 is 39.1 Å². The van der Waals surface area contributed by atoms with Crippen LogP contribution in [-0.4, -0.2) is 41.0 Å². The van der Waals surface area contributed by atoms with Crippen LogP contribution in [0.15, 0.2) is 0 Å². The first-order valence-electron chi connectivity index (χ1n) is 10.7. The van der Waals surface area contributed by atoms with Crippen LogP contribution in [0.4, 0.5) is 0 Å². The van der Waals surface area contributed by atoms with E-state index < -0.39 is 42.0 Å². The Balaban J connectivity index is 1.84. The van der Waals surface area contributed by atoms with Crippen LogP contribution in [0.1, 0.15) is 65.7 Å². The minimum Gasteiger partial charge on any atom is -0.481 e. The molecule has 8 heteroatoms. The number of rotatable bonds is 9. The van der Waals surface area contributed by atoms with Crippen molar-refractivity contribution in [3.8, 4) is 0 Å². The van der Waals surface area contributed by atoms with E-state index in [1.165, 1.54) is 0 Å². The predicted molar refractivity (Wildman–Crippen MR) is 102 cm³/mol. The summed E-state index contributed by atoms with van der Waals surface area (Å²) in [6.45, 7) is 5.92. The number of hydrogen-bond acceptors (Lipinski definition) is 6. The SMILES string of the molecule is CCC(OOCC1CCC(C)CC1C(=O)O)OC(=O)C1CCC(C)CC1C(=O)O. The van der Waals surface area contributed by atoms with E-state index in [9.17, 15) is 24.6 Å². The molecule has 0 saturated heterocycles. The Morgan fingerprint density at radius 1 is 0.897 bits per heavy atom. The Hall–Kier alpha value is -1.67. The van der Waals surface area contributed by atoms with Crippen LogP contribution in [0.5, 0.6) is 0 Å². The predicted octanol–water partition coefficient (Wildman–Crippen LogP) is 3.49. The molecule has 0 spiro atoms. The van der Waals surface area contributed by atoms with Crippen LogP contribution in [0.2, 0.25) is 0 Å². The molecule has 7 unspecified atom stereocenters. The quantitative estimate of drug-likeness (QED) is 0.255. The minimum absolute atomic E-state index is 0.121. The maximum absolute atomic E-state index is 12.5. The molecule has 0 radical (unpaired) electrons. The molecule has 7 atom stereocenters. The van der Waals surface area contributed by atoms with Gasteiger partial charge < -0.3 is 14.9 Å². The first-order valence-corrected chi connectivity index (χ1v) is 10.7. The lowest BCUT2D eigenvalue weighted by molar-refractivity contribution is -0.377. The van der Waals surface area contributed by atoms with Crippen LogP contribution in [0.25, 0.3) is 0 Å². The molecule has 0 heterocycles. The van der Waals surface area contributed by atoms with Gasteiger partial charge in [-0.2, -0.15) is 4.89 Å². The highest BCUT2D eigenvalue weighted by Gasteiger charge is 2.40. The molecule has 2 fully saturated rings. The third-order valence-corrected chi connectivity index (χ3v) is 6.34. The summed E-state index contributed by atoms with van der Waals surface area (Å²) < 4.78 is 5.37. The van der Waals surface area contributed by atoms with E-state index in [0.29, 0.717) is 31.6 Å². The summed E-state index contributed by atoms with van der Waals surface area (Å²) in [5, 5.41) is 18.8. The molecule has 166 valence electrons. The standard InChI is InChI=1S/C21H34O8/c1-4-18(28-21(26)15-8-6-13(3)10-17(15)20(24)25)29-27-11-14-7-5-12(2)9-16(14)19(22)23/h12-18H,4-11H2,1-3H3,(H,22,23)(H,24,25). The summed E-state index contributed by atoms with van der Waals surface area (Å²) in [6.07, 6.45) is 3.44. The van der Waals surface area contributed by atoms with Gasteiger partial charge in [0, 0.05) is 6.42 Å². The van der Waals surface area contributed by atoms with Gasteiger partial charge in [0.05, 0.1) is 24.4 Å². The Morgan fingerprint density at radius 3 is 2.07 bits per heavy atom. The van der Waals surface area contributed by atoms with Crippen molar-refractivity contribution in [3.05, 3.63) is 0 Å². The van der Waals surface area contributed by atoms with Gasteiger partial charge in [0.25, 0.3) is 0 Å². The lowest BCUT2D eigenvalue weighted by atomic mass is 9.74. The van der Waals surface area contributed by atoms with Crippen LogP contribution >= 0.6 is 0 Å². The van der Waals surface area contributed by atoms with E-state index in [1.807, 2.05) is 13.8 Å². The number of esters is 1. The second kappa shape index (κ2) is 10.9. The Bertz CT molecular complexity index is 577. The Kier molecular flexibility index (Phi) is 8.89. The normalized spacial score (nSPS) is 33.6. The van der Waals surface area contributed by atoms with Crippen molar-refractivity contribution in [1.29, 1.82) is 0 Å². The molecule has 2 rings (SSSR count). The van der Waals surface area contributed by atoms with Crippen molar-refractivity contribution in [2.75, 3.05) is 6.61 Å². The molecule has 0 aromatic heterocycles. The molecule has 29 heavy (non-hydrogen) atoms. The molecule has 0 aromatic rings. The van der Waals surface area contributed by atoms with Crippen LogP contribution in [0.3, 0.4) is 0 Å². The largest absolute Gasteiger partial charge is 0.481 e. The van der Waals surface area contributed by atoms with Crippen molar-refractivity contribution in [1.82, 2.24) is 0 Å². The van der Waals surface area contributed by atoms with Gasteiger partial charge in [-0.25, -0.2) is 4.89 Å². The van der Waals surface area contributed by atoms with Gasteiger partial charge in [0.2, 0.25) is 6.29 Å². The number of carbonyl (C=O) groups excluding carboxylic acids is 1. The highest BCUT2D eigenvalue weighted by atomic mass is 17.2. The van der Waals surface area contributed by atoms with Crippen molar-refractivity contribution in [3.63, 3.8) is 0 Å². The molecule has 2 N–H and O–H groups in total. The van der Waals surface area contributed by atoms with E-state index >= 15 is 0 Å². The van der Waals surface area contributed by atoms with E-state index in [1.54, 1.807) is 6.92 Å². The zero-order valence-electron chi connectivity index (χ0n) is 17.5. The van der Waals surface area contributed by atoms with Crippen molar-refractivity contribution in [2.45, 2.75) is 72.0 Å². The van der Waals surface area contributed by atoms with Crippen LogP contribution in [0, 0.1) is 35.5 Å². The molecule has 2 aliphatic rings. The molecule has 0 aliphatic heterocycles. The number of carboxylic acid groups (broad SMARTS) is 2. The highest BCUT2D eigenvalue weighted by molar-refractivity contribution is 5.81. The Morgan fingerprint density at radius 2 is 1.48 bits per heavy atom. The zero-order chi connectivity index (χ0) is 21.6. The molecule has 0 amide bonds. The summed E-state index contributed by atoms with van der Waals surface area (Å²) in [6, 6.07) is 0. The van der Waals surface area contributed by atoms with Crippen molar-refractivity contribution >= 4 is 17.9 Å². The van der Waals surface area contributed by atoms with Gasteiger partial charge in [0.1, 0.15) is 0 Å². The molecule has 0 aromatic carbocycles. The number of carboxylic acids is 2. The van der Waals surface area contributed by atoms with E-state index in [4.69, 9.17) is 14.5 Å². The van der Waals surface area contributed by atoms with Gasteiger partial charge in [-0.3, -0.25) is 14.4 Å². The van der Waals surface area contributed by atoms with Gasteiger partial charge in [0.15, 0.2) is 0 Å². The summed E-state index contributed by atoms with van der Waals surface area (Å²) in [4.78, 5) is 46.0. The molecule has 2 saturated carbocycles. The summed E-state index contributed by atoms with van der Waals surface area (Å²) in [5.41, 5.74) is 0. The first-order chi connectivity index (χ1) is 13.7. The minimum atomic E-state index is -0.977. The van der Waals surface area contributed by atoms with Gasteiger partial charge >= 0.3 is 17.9 Å². The summed E-state index contributed by atoms with van der Waals surface area (Å²) in [5.74, 6) is -3.78. The topological polar surface area (TPSA) is 119 Å². The van der Waals surface area contributed by atoms with Crippen LogP contribution < -0.4 is 0 Å². The zero-order valence-corrected chi connectivity index (χ0v) is 17.5. The fraction of sp³-hybridized carbons (Fsp3) is 0.857. The maximum atomic E-state index is 12.5. The highest BCUT2D eigenvalue weighted by Crippen LogP contribution is 2.36. The number of hydrogen-bond donors (Lipinski definition) is 2. The maximum Gasteiger partial charge on any atom is 0.312 e. The van der Waals surface area contributed by atoms with Crippen molar-refractivity contribution in [2.24, 2.45) is 35.5 Å². The lowest BCUT2D eigenvalue weighted by Crippen LogP contribution is -2.38. The average molecular weight is 414 g/mol. The van der Waals surface area contributed by atoms with Crippen LogP contribution in [-0.2, 0) is 28.9 Å². The average Bonchev–Trinajstić information content (AvgIpc) is 2.67. The molecule has 8 nitrogen and oxygen atoms in total. The molecular formula is C21H34O8. The van der Waals surface area contributed by atoms with E-state index in [0.717, 1.165) is 19.3 Å². The fourth-order valence-corrected chi connectivity index (χ4v) is 4.47. The van der Waals surface area contributed by atoms with Gasteiger partial charge in [-0.15, -0.1) is 0 Å². The van der Waals surface area contributed by atoms with E-state index in [2.05, 4.69) is 0 Å². The number of aliphatic carboxylic acids is 2. The van der Waals surface area contributed by atoms with Gasteiger partial charge in [-0.1, -0.05) is 27.2 Å². The molecule has 0 bridgehead atoms. The monoisotopic (exact) mass is 414 g/mol. The third kappa shape index (κ3) is 6.67. The molecular weight excluding hydrogens is 380 g/mol. The lowest BCUT2D eigenvalue weighted by Gasteiger charge is -2.32. The second-order valence-corrected chi connectivity index (χ2v) is 8.75. The fourth-order valence-electron chi connectivity index (χ4n) is 4.47. The smallest absolute Gasteiger partial charge is 0.312 e.